The highest BCUT2D eigenvalue weighted by Crippen LogP contribution is 1.95. The lowest BCUT2D eigenvalue weighted by atomic mass is 10.3. The van der Waals surface area contributed by atoms with Crippen molar-refractivity contribution >= 4 is 5.97 Å². The maximum Gasteiger partial charge on any atom is 0.330 e. The lowest BCUT2D eigenvalue weighted by Crippen LogP contribution is -2.01. The Bertz CT molecular complexity index is 178. The molecule has 68 valence electrons. The van der Waals surface area contributed by atoms with Crippen molar-refractivity contribution in [1.29, 1.82) is 0 Å². The van der Waals surface area contributed by atoms with Gasteiger partial charge in [0.1, 0.15) is 0 Å². The van der Waals surface area contributed by atoms with E-state index in [0.29, 0.717) is 18.8 Å². The Morgan fingerprint density at radius 1 is 1.67 bits per heavy atom. The van der Waals surface area contributed by atoms with Crippen LogP contribution in [0, 0.1) is 0 Å². The molecule has 1 N–H and O–H groups in total. The number of aliphatic hydroxyl groups excluding tert-OH is 1. The van der Waals surface area contributed by atoms with E-state index in [1.54, 1.807) is 13.0 Å². The Morgan fingerprint density at radius 2 is 2.33 bits per heavy atom. The fraction of sp³-hybridized carbons (Fsp3) is 0.444. The van der Waals surface area contributed by atoms with Crippen molar-refractivity contribution in [1.82, 2.24) is 0 Å². The lowest BCUT2D eigenvalue weighted by molar-refractivity contribution is -0.137. The van der Waals surface area contributed by atoms with Gasteiger partial charge in [-0.3, -0.25) is 0 Å². The molecule has 3 heteroatoms. The third-order valence-electron chi connectivity index (χ3n) is 1.20. The number of allylic oxidation sites excluding steroid dienone is 2. The average molecular weight is 170 g/mol. The van der Waals surface area contributed by atoms with Gasteiger partial charge in [-0.15, -0.1) is 0 Å². The summed E-state index contributed by atoms with van der Waals surface area (Å²) in [4.78, 5) is 10.5. The predicted octanol–water partition coefficient (Wildman–Crippen LogP) is 1.96. The zero-order valence-electron chi connectivity index (χ0n) is 7.25. The molecule has 0 aliphatic rings. The van der Waals surface area contributed by atoms with Gasteiger partial charge < -0.3 is 9.84 Å². The van der Waals surface area contributed by atoms with E-state index in [4.69, 9.17) is 9.84 Å². The van der Waals surface area contributed by atoms with Crippen molar-refractivity contribution in [2.24, 2.45) is 0 Å². The molecule has 0 aromatic carbocycles. The van der Waals surface area contributed by atoms with Crippen LogP contribution in [0.4, 0.5) is 0 Å². The molecule has 0 fully saturated rings. The van der Waals surface area contributed by atoms with E-state index in [-0.39, 0.29) is 0 Å². The standard InChI is InChI=1S/C9H14O3/c1-3-9(11)12-7-5-4-6-8(2)10/h3,6,10H,1,4-5,7H2,2H3. The maximum atomic E-state index is 10.5. The highest BCUT2D eigenvalue weighted by molar-refractivity contribution is 5.81. The third-order valence-corrected chi connectivity index (χ3v) is 1.20. The Balaban J connectivity index is 3.28. The van der Waals surface area contributed by atoms with Crippen LogP contribution in [-0.2, 0) is 9.53 Å². The minimum Gasteiger partial charge on any atom is -0.513 e. The summed E-state index contributed by atoms with van der Waals surface area (Å²) < 4.78 is 4.71. The summed E-state index contributed by atoms with van der Waals surface area (Å²) >= 11 is 0. The summed E-state index contributed by atoms with van der Waals surface area (Å²) in [7, 11) is 0. The highest BCUT2D eigenvalue weighted by atomic mass is 16.5. The van der Waals surface area contributed by atoms with Crippen LogP contribution in [0.15, 0.2) is 24.5 Å². The van der Waals surface area contributed by atoms with Crippen LogP contribution in [0.1, 0.15) is 19.8 Å². The van der Waals surface area contributed by atoms with Gasteiger partial charge in [-0.2, -0.15) is 0 Å². The molecule has 12 heavy (non-hydrogen) atoms. The molecule has 0 amide bonds. The van der Waals surface area contributed by atoms with E-state index < -0.39 is 5.97 Å². The van der Waals surface area contributed by atoms with Crippen molar-refractivity contribution in [3.8, 4) is 0 Å². The van der Waals surface area contributed by atoms with Gasteiger partial charge in [-0.1, -0.05) is 6.58 Å². The van der Waals surface area contributed by atoms with Crippen molar-refractivity contribution < 1.29 is 14.6 Å². The van der Waals surface area contributed by atoms with Gasteiger partial charge in [0, 0.05) is 6.08 Å². The summed E-state index contributed by atoms with van der Waals surface area (Å²) in [5, 5.41) is 8.74. The fourth-order valence-electron chi connectivity index (χ4n) is 0.626. The van der Waals surface area contributed by atoms with Gasteiger partial charge >= 0.3 is 5.97 Å². The first-order chi connectivity index (χ1) is 5.66. The van der Waals surface area contributed by atoms with Gasteiger partial charge in [-0.05, 0) is 25.8 Å². The maximum absolute atomic E-state index is 10.5. The summed E-state index contributed by atoms with van der Waals surface area (Å²) in [5.74, 6) is -0.107. The van der Waals surface area contributed by atoms with E-state index in [1.807, 2.05) is 0 Å². The number of unbranched alkanes of at least 4 members (excludes halogenated alkanes) is 1. The number of rotatable bonds is 5. The van der Waals surface area contributed by atoms with Crippen molar-refractivity contribution in [2.75, 3.05) is 6.61 Å². The van der Waals surface area contributed by atoms with E-state index in [9.17, 15) is 4.79 Å². The van der Waals surface area contributed by atoms with E-state index in [1.165, 1.54) is 0 Å². The number of aliphatic hydroxyl groups is 1. The molecule has 0 saturated carbocycles. The second-order valence-electron chi connectivity index (χ2n) is 2.36. The van der Waals surface area contributed by atoms with Gasteiger partial charge in [-0.25, -0.2) is 4.79 Å². The second-order valence-corrected chi connectivity index (χ2v) is 2.36. The Labute approximate surface area is 72.3 Å². The summed E-state index contributed by atoms with van der Waals surface area (Å²) in [6.45, 7) is 5.24. The zero-order valence-corrected chi connectivity index (χ0v) is 7.25. The molecular formula is C9H14O3. The fourth-order valence-corrected chi connectivity index (χ4v) is 0.626. The second kappa shape index (κ2) is 6.46. The SMILES string of the molecule is C=CC(=O)OCCCC=C(C)O. The number of esters is 1. The molecule has 0 bridgehead atoms. The topological polar surface area (TPSA) is 46.5 Å². The molecule has 0 unspecified atom stereocenters. The van der Waals surface area contributed by atoms with Crippen LogP contribution in [0.5, 0.6) is 0 Å². The van der Waals surface area contributed by atoms with E-state index >= 15 is 0 Å². The first-order valence-corrected chi connectivity index (χ1v) is 3.81. The molecule has 0 rings (SSSR count). The van der Waals surface area contributed by atoms with Crippen molar-refractivity contribution in [3.63, 3.8) is 0 Å². The van der Waals surface area contributed by atoms with Crippen LogP contribution in [0.3, 0.4) is 0 Å². The van der Waals surface area contributed by atoms with Gasteiger partial charge in [0.2, 0.25) is 0 Å². The van der Waals surface area contributed by atoms with Gasteiger partial charge in [0.05, 0.1) is 12.4 Å². The molecule has 0 spiro atoms. The minimum atomic E-state index is -0.403. The number of carbonyl (C=O) groups excluding carboxylic acids is 1. The van der Waals surface area contributed by atoms with Gasteiger partial charge in [0.15, 0.2) is 0 Å². The first-order valence-electron chi connectivity index (χ1n) is 3.81. The molecule has 0 radical (unpaired) electrons. The Hall–Kier alpha value is -1.25. The molecule has 0 aromatic heterocycles. The van der Waals surface area contributed by atoms with Crippen LogP contribution in [0.2, 0.25) is 0 Å². The smallest absolute Gasteiger partial charge is 0.330 e. The molecule has 0 saturated heterocycles. The number of hydrogen-bond acceptors (Lipinski definition) is 3. The quantitative estimate of drug-likeness (QED) is 0.297. The molecule has 0 aliphatic carbocycles. The Kier molecular flexibility index (Phi) is 5.79. The first kappa shape index (κ1) is 10.8. The number of hydrogen-bond donors (Lipinski definition) is 1. The normalized spacial score (nSPS) is 10.9. The molecule has 0 atom stereocenters. The van der Waals surface area contributed by atoms with Crippen LogP contribution >= 0.6 is 0 Å². The number of ether oxygens (including phenoxy) is 1. The molecular weight excluding hydrogens is 156 g/mol. The Morgan fingerprint density at radius 3 is 2.83 bits per heavy atom. The van der Waals surface area contributed by atoms with E-state index in [2.05, 4.69) is 6.58 Å². The molecule has 0 aliphatic heterocycles. The van der Waals surface area contributed by atoms with Gasteiger partial charge in [0.25, 0.3) is 0 Å². The summed E-state index contributed by atoms with van der Waals surface area (Å²) in [6.07, 6.45) is 4.25. The molecule has 0 aromatic rings. The van der Waals surface area contributed by atoms with Crippen LogP contribution in [-0.4, -0.2) is 17.7 Å². The van der Waals surface area contributed by atoms with Crippen molar-refractivity contribution in [2.45, 2.75) is 19.8 Å². The third kappa shape index (κ3) is 6.86. The monoisotopic (exact) mass is 170 g/mol. The lowest BCUT2D eigenvalue weighted by Gasteiger charge is -1.98. The summed E-state index contributed by atoms with van der Waals surface area (Å²) in [6, 6.07) is 0. The highest BCUT2D eigenvalue weighted by Gasteiger charge is 1.93. The zero-order chi connectivity index (χ0) is 9.40. The average Bonchev–Trinajstić information content (AvgIpc) is 2.03. The summed E-state index contributed by atoms with van der Waals surface area (Å²) in [5.41, 5.74) is 0. The molecule has 0 heterocycles. The molecule has 3 nitrogen and oxygen atoms in total. The van der Waals surface area contributed by atoms with E-state index in [0.717, 1.165) is 12.5 Å². The number of carbonyl (C=O) groups is 1. The van der Waals surface area contributed by atoms with Crippen LogP contribution in [0.25, 0.3) is 0 Å². The van der Waals surface area contributed by atoms with Crippen molar-refractivity contribution in [3.05, 3.63) is 24.5 Å². The van der Waals surface area contributed by atoms with Crippen LogP contribution < -0.4 is 0 Å². The predicted molar refractivity (Wildman–Crippen MR) is 46.8 cm³/mol. The minimum absolute atomic E-state index is 0.296. The largest absolute Gasteiger partial charge is 0.513 e.